The van der Waals surface area contributed by atoms with Gasteiger partial charge in [-0.15, -0.1) is 0 Å². The van der Waals surface area contributed by atoms with Gasteiger partial charge in [-0.1, -0.05) is 6.07 Å². The second-order valence-electron chi connectivity index (χ2n) is 6.35. The first kappa shape index (κ1) is 23.6. The first-order chi connectivity index (χ1) is 15.2. The number of nitrogens with zero attached hydrogens (tertiary/aromatic N) is 1. The first-order valence-electron chi connectivity index (χ1n) is 9.15. The van der Waals surface area contributed by atoms with Crippen LogP contribution in [-0.4, -0.2) is 37.0 Å². The molecule has 1 aliphatic rings. The van der Waals surface area contributed by atoms with Crippen LogP contribution in [-0.2, 0) is 19.1 Å². The fourth-order valence-electron chi connectivity index (χ4n) is 2.81. The Morgan fingerprint density at radius 3 is 2.47 bits per heavy atom. The smallest absolute Gasteiger partial charge is 0.344 e. The van der Waals surface area contributed by atoms with Crippen LogP contribution >= 0.6 is 31.9 Å². The molecule has 3 rings (SSSR count). The Morgan fingerprint density at radius 1 is 1.16 bits per heavy atom. The average Bonchev–Trinajstić information content (AvgIpc) is 2.70. The third kappa shape index (κ3) is 5.22. The normalized spacial score (nSPS) is 15.1. The van der Waals surface area contributed by atoms with Crippen molar-refractivity contribution in [3.8, 4) is 5.75 Å². The van der Waals surface area contributed by atoms with Gasteiger partial charge in [0.2, 0.25) is 0 Å². The maximum Gasteiger partial charge on any atom is 0.344 e. The SMILES string of the molecule is CCOC(=O)COc1c(Br)cc(/C=C2\C(=O)NC(=O)N(c3cccc(F)c3)C2=O)cc1Br. The van der Waals surface area contributed by atoms with E-state index in [0.717, 1.165) is 6.07 Å². The summed E-state index contributed by atoms with van der Waals surface area (Å²) in [4.78, 5) is 49.6. The second-order valence-corrected chi connectivity index (χ2v) is 8.05. The Labute approximate surface area is 198 Å². The summed E-state index contributed by atoms with van der Waals surface area (Å²) in [6.45, 7) is 1.59. The van der Waals surface area contributed by atoms with Crippen molar-refractivity contribution in [1.82, 2.24) is 5.32 Å². The molecule has 0 atom stereocenters. The molecule has 1 N–H and O–H groups in total. The monoisotopic (exact) mass is 568 g/mol. The van der Waals surface area contributed by atoms with E-state index in [0.29, 0.717) is 25.2 Å². The van der Waals surface area contributed by atoms with E-state index in [1.54, 1.807) is 19.1 Å². The third-order valence-electron chi connectivity index (χ3n) is 4.14. The number of hydrogen-bond acceptors (Lipinski definition) is 6. The van der Waals surface area contributed by atoms with Crippen molar-refractivity contribution in [3.63, 3.8) is 0 Å². The molecule has 0 radical (unpaired) electrons. The van der Waals surface area contributed by atoms with Crippen molar-refractivity contribution in [2.45, 2.75) is 6.92 Å². The minimum absolute atomic E-state index is 0.0176. The number of hydrogen-bond donors (Lipinski definition) is 1. The van der Waals surface area contributed by atoms with Crippen LogP contribution in [0.1, 0.15) is 12.5 Å². The summed E-state index contributed by atoms with van der Waals surface area (Å²) < 4.78 is 24.7. The third-order valence-corrected chi connectivity index (χ3v) is 5.32. The zero-order valence-electron chi connectivity index (χ0n) is 16.5. The standard InChI is InChI=1S/C21H15Br2FN2O6/c1-2-31-17(27)10-32-18-15(22)7-11(8-16(18)23)6-14-19(28)25-21(30)26(20(14)29)13-5-3-4-12(24)9-13/h3-9H,2,10H2,1H3,(H,25,28,30)/b14-6+. The number of carbonyl (C=O) groups is 4. The molecule has 11 heteroatoms. The Bertz CT molecular complexity index is 1130. The van der Waals surface area contributed by atoms with E-state index in [1.807, 2.05) is 0 Å². The lowest BCUT2D eigenvalue weighted by Gasteiger charge is -2.26. The van der Waals surface area contributed by atoms with Gasteiger partial charge < -0.3 is 9.47 Å². The zero-order valence-corrected chi connectivity index (χ0v) is 19.7. The van der Waals surface area contributed by atoms with E-state index in [4.69, 9.17) is 9.47 Å². The number of ether oxygens (including phenoxy) is 2. The molecule has 0 aromatic heterocycles. The van der Waals surface area contributed by atoms with Gasteiger partial charge in [0.05, 0.1) is 21.2 Å². The number of urea groups is 1. The van der Waals surface area contributed by atoms with Crippen LogP contribution in [0.15, 0.2) is 50.9 Å². The molecule has 2 aromatic carbocycles. The molecule has 0 aliphatic carbocycles. The van der Waals surface area contributed by atoms with Gasteiger partial charge in [-0.3, -0.25) is 14.9 Å². The van der Waals surface area contributed by atoms with E-state index >= 15 is 0 Å². The molecular formula is C21H15Br2FN2O6. The molecule has 1 heterocycles. The van der Waals surface area contributed by atoms with E-state index < -0.39 is 29.6 Å². The molecular weight excluding hydrogens is 555 g/mol. The minimum atomic E-state index is -0.979. The second kappa shape index (κ2) is 10.0. The van der Waals surface area contributed by atoms with Crippen molar-refractivity contribution < 1.29 is 33.0 Å². The number of imide groups is 2. The summed E-state index contributed by atoms with van der Waals surface area (Å²) in [5.74, 6) is -2.65. The van der Waals surface area contributed by atoms with Crippen molar-refractivity contribution in [2.24, 2.45) is 0 Å². The molecule has 0 saturated carbocycles. The summed E-state index contributed by atoms with van der Waals surface area (Å²) >= 11 is 6.64. The van der Waals surface area contributed by atoms with Crippen molar-refractivity contribution >= 4 is 67.4 Å². The fraction of sp³-hybridized carbons (Fsp3) is 0.143. The number of barbiturate groups is 1. The highest BCUT2D eigenvalue weighted by Crippen LogP contribution is 2.36. The molecule has 1 aliphatic heterocycles. The van der Waals surface area contributed by atoms with Crippen LogP contribution in [0.4, 0.5) is 14.9 Å². The number of nitrogens with one attached hydrogen (secondary N) is 1. The van der Waals surface area contributed by atoms with E-state index in [2.05, 4.69) is 37.2 Å². The van der Waals surface area contributed by atoms with Gasteiger partial charge in [-0.05, 0) is 80.8 Å². The number of benzene rings is 2. The van der Waals surface area contributed by atoms with Crippen LogP contribution in [0.3, 0.4) is 0 Å². The number of esters is 1. The Balaban J connectivity index is 1.90. The lowest BCUT2D eigenvalue weighted by Crippen LogP contribution is -2.54. The number of rotatable bonds is 6. The molecule has 0 unspecified atom stereocenters. The van der Waals surface area contributed by atoms with Crippen LogP contribution in [0.25, 0.3) is 6.08 Å². The van der Waals surface area contributed by atoms with Crippen LogP contribution in [0.2, 0.25) is 0 Å². The Morgan fingerprint density at radius 2 is 1.84 bits per heavy atom. The zero-order chi connectivity index (χ0) is 23.4. The highest BCUT2D eigenvalue weighted by Gasteiger charge is 2.37. The lowest BCUT2D eigenvalue weighted by atomic mass is 10.1. The molecule has 0 bridgehead atoms. The predicted octanol–water partition coefficient (Wildman–Crippen LogP) is 3.96. The van der Waals surface area contributed by atoms with Gasteiger partial charge >= 0.3 is 12.0 Å². The highest BCUT2D eigenvalue weighted by atomic mass is 79.9. The largest absolute Gasteiger partial charge is 0.480 e. The summed E-state index contributed by atoms with van der Waals surface area (Å²) in [6.07, 6.45) is 1.28. The number of halogens is 3. The highest BCUT2D eigenvalue weighted by molar-refractivity contribution is 9.11. The average molecular weight is 570 g/mol. The molecule has 4 amide bonds. The van der Waals surface area contributed by atoms with Gasteiger partial charge in [0.15, 0.2) is 6.61 Å². The first-order valence-corrected chi connectivity index (χ1v) is 10.7. The van der Waals surface area contributed by atoms with Gasteiger partial charge in [0.1, 0.15) is 17.1 Å². The van der Waals surface area contributed by atoms with E-state index in [9.17, 15) is 23.6 Å². The molecule has 1 saturated heterocycles. The quantitative estimate of drug-likeness (QED) is 0.321. The number of anilines is 1. The van der Waals surface area contributed by atoms with Crippen molar-refractivity contribution in [3.05, 3.63) is 62.3 Å². The maximum absolute atomic E-state index is 13.6. The molecule has 0 spiro atoms. The van der Waals surface area contributed by atoms with Gasteiger partial charge in [0.25, 0.3) is 11.8 Å². The molecule has 32 heavy (non-hydrogen) atoms. The molecule has 1 fully saturated rings. The van der Waals surface area contributed by atoms with E-state index in [-0.39, 0.29) is 24.5 Å². The van der Waals surface area contributed by atoms with Gasteiger partial charge in [0, 0.05) is 0 Å². The fourth-order valence-corrected chi connectivity index (χ4v) is 4.26. The van der Waals surface area contributed by atoms with Crippen LogP contribution < -0.4 is 15.0 Å². The van der Waals surface area contributed by atoms with Crippen LogP contribution in [0, 0.1) is 5.82 Å². The lowest BCUT2D eigenvalue weighted by molar-refractivity contribution is -0.145. The Kier molecular flexibility index (Phi) is 7.41. The summed E-state index contributed by atoms with van der Waals surface area (Å²) in [6, 6.07) is 7.02. The van der Waals surface area contributed by atoms with Crippen LogP contribution in [0.5, 0.6) is 5.75 Å². The van der Waals surface area contributed by atoms with Gasteiger partial charge in [-0.2, -0.15) is 0 Å². The summed E-state index contributed by atoms with van der Waals surface area (Å²) in [5.41, 5.74) is 0.0723. The predicted molar refractivity (Wildman–Crippen MR) is 119 cm³/mol. The number of carbonyl (C=O) groups excluding carboxylic acids is 4. The van der Waals surface area contributed by atoms with Gasteiger partial charge in [-0.25, -0.2) is 18.9 Å². The van der Waals surface area contributed by atoms with Crippen molar-refractivity contribution in [1.29, 1.82) is 0 Å². The Hall–Kier alpha value is -3.05. The molecule has 166 valence electrons. The maximum atomic E-state index is 13.6. The van der Waals surface area contributed by atoms with E-state index in [1.165, 1.54) is 24.3 Å². The van der Waals surface area contributed by atoms with Crippen molar-refractivity contribution in [2.75, 3.05) is 18.1 Å². The summed E-state index contributed by atoms with van der Waals surface area (Å²) in [7, 11) is 0. The summed E-state index contributed by atoms with van der Waals surface area (Å²) in [5, 5.41) is 2.07. The number of amides is 4. The molecule has 8 nitrogen and oxygen atoms in total. The minimum Gasteiger partial charge on any atom is -0.480 e. The topological polar surface area (TPSA) is 102 Å². The molecule has 2 aromatic rings.